The minimum atomic E-state index is -1.42. The van der Waals surface area contributed by atoms with Gasteiger partial charge in [-0.05, 0) is 18.4 Å². The molecule has 1 heterocycles. The van der Waals surface area contributed by atoms with Crippen LogP contribution in [0, 0.1) is 5.92 Å². The second-order valence-electron chi connectivity index (χ2n) is 8.06. The first-order valence-electron chi connectivity index (χ1n) is 10.8. The van der Waals surface area contributed by atoms with Crippen molar-refractivity contribution in [3.05, 3.63) is 54.2 Å². The van der Waals surface area contributed by atoms with E-state index in [4.69, 9.17) is 14.3 Å². The molecular formula is C23H28N4O8. The molecular weight excluding hydrogens is 460 g/mol. The van der Waals surface area contributed by atoms with Crippen molar-refractivity contribution in [3.8, 4) is 0 Å². The summed E-state index contributed by atoms with van der Waals surface area (Å²) >= 11 is 0. The number of Topliss-reactive ketones (excluding diaryl/α,β-unsaturated/α-hetero) is 1. The summed E-state index contributed by atoms with van der Waals surface area (Å²) in [5.74, 6) is -3.87. The molecule has 0 aliphatic heterocycles. The second-order valence-corrected chi connectivity index (χ2v) is 8.06. The number of carbonyl (C=O) groups excluding carboxylic acids is 4. The number of aliphatic carboxylic acids is 1. The van der Waals surface area contributed by atoms with Crippen LogP contribution in [0.4, 0.5) is 4.79 Å². The minimum Gasteiger partial charge on any atom is -0.481 e. The van der Waals surface area contributed by atoms with E-state index in [2.05, 4.69) is 20.9 Å². The van der Waals surface area contributed by atoms with E-state index in [-0.39, 0.29) is 18.2 Å². The highest BCUT2D eigenvalue weighted by Crippen LogP contribution is 2.07. The van der Waals surface area contributed by atoms with Gasteiger partial charge in [-0.1, -0.05) is 44.2 Å². The summed E-state index contributed by atoms with van der Waals surface area (Å²) in [5.41, 5.74) is 0.626. The Morgan fingerprint density at radius 3 is 2.26 bits per heavy atom. The van der Waals surface area contributed by atoms with Crippen LogP contribution in [-0.2, 0) is 25.7 Å². The van der Waals surface area contributed by atoms with Gasteiger partial charge in [-0.3, -0.25) is 19.2 Å². The van der Waals surface area contributed by atoms with Gasteiger partial charge in [-0.15, -0.1) is 0 Å². The van der Waals surface area contributed by atoms with Crippen LogP contribution >= 0.6 is 0 Å². The Morgan fingerprint density at radius 1 is 1.00 bits per heavy atom. The zero-order valence-corrected chi connectivity index (χ0v) is 19.5. The molecule has 0 saturated carbocycles. The van der Waals surface area contributed by atoms with Gasteiger partial charge in [-0.25, -0.2) is 9.78 Å². The van der Waals surface area contributed by atoms with Crippen molar-refractivity contribution in [2.45, 2.75) is 51.9 Å². The molecule has 3 amide bonds. The summed E-state index contributed by atoms with van der Waals surface area (Å²) < 4.78 is 9.87. The van der Waals surface area contributed by atoms with Gasteiger partial charge < -0.3 is 30.2 Å². The van der Waals surface area contributed by atoms with Crippen LogP contribution in [0.1, 0.15) is 43.2 Å². The Bertz CT molecular complexity index is 1020. The molecule has 0 aliphatic rings. The van der Waals surface area contributed by atoms with E-state index in [0.717, 1.165) is 18.2 Å². The van der Waals surface area contributed by atoms with Gasteiger partial charge in [0.05, 0.1) is 6.42 Å². The third kappa shape index (κ3) is 8.57. The van der Waals surface area contributed by atoms with Crippen molar-refractivity contribution in [2.24, 2.45) is 5.92 Å². The van der Waals surface area contributed by atoms with E-state index >= 15 is 0 Å². The molecule has 1 aromatic carbocycles. The first-order valence-corrected chi connectivity index (χ1v) is 10.8. The van der Waals surface area contributed by atoms with E-state index in [0.29, 0.717) is 0 Å². The zero-order chi connectivity index (χ0) is 26.0. The van der Waals surface area contributed by atoms with Crippen LogP contribution in [-0.4, -0.2) is 57.9 Å². The number of aromatic nitrogens is 1. The van der Waals surface area contributed by atoms with Gasteiger partial charge >= 0.3 is 12.1 Å². The highest BCUT2D eigenvalue weighted by molar-refractivity contribution is 6.02. The number of ketones is 1. The largest absolute Gasteiger partial charge is 0.481 e. The third-order valence-corrected chi connectivity index (χ3v) is 4.88. The van der Waals surface area contributed by atoms with E-state index in [9.17, 15) is 24.0 Å². The highest BCUT2D eigenvalue weighted by atomic mass is 16.5. The van der Waals surface area contributed by atoms with Gasteiger partial charge in [-0.2, -0.15) is 0 Å². The maximum absolute atomic E-state index is 12.7. The van der Waals surface area contributed by atoms with Gasteiger partial charge in [0.25, 0.3) is 0 Å². The number of benzene rings is 1. The topological polar surface area (TPSA) is 177 Å². The Balaban J connectivity index is 1.95. The van der Waals surface area contributed by atoms with Crippen molar-refractivity contribution in [1.82, 2.24) is 20.9 Å². The molecule has 0 radical (unpaired) electrons. The molecule has 188 valence electrons. The van der Waals surface area contributed by atoms with Gasteiger partial charge in [0, 0.05) is 0 Å². The lowest BCUT2D eigenvalue weighted by molar-refractivity contribution is -0.137. The van der Waals surface area contributed by atoms with Crippen LogP contribution in [0.5, 0.6) is 0 Å². The van der Waals surface area contributed by atoms with Crippen molar-refractivity contribution in [2.75, 3.05) is 0 Å². The molecule has 35 heavy (non-hydrogen) atoms. The maximum atomic E-state index is 12.7. The van der Waals surface area contributed by atoms with Gasteiger partial charge in [0.15, 0.2) is 6.39 Å². The Kier molecular flexibility index (Phi) is 9.94. The quantitative estimate of drug-likeness (QED) is 0.320. The molecule has 0 saturated heterocycles. The summed E-state index contributed by atoms with van der Waals surface area (Å²) in [6.07, 6.45) is 0.533. The fraction of sp³-hybridized carbons (Fsp3) is 0.391. The summed E-state index contributed by atoms with van der Waals surface area (Å²) in [7, 11) is 0. The summed E-state index contributed by atoms with van der Waals surface area (Å²) in [6, 6.07) is 5.41. The minimum absolute atomic E-state index is 0.0163. The van der Waals surface area contributed by atoms with Crippen molar-refractivity contribution in [1.29, 1.82) is 0 Å². The molecule has 3 atom stereocenters. The van der Waals surface area contributed by atoms with Gasteiger partial charge in [0.1, 0.15) is 36.7 Å². The number of hydrogen-bond donors (Lipinski definition) is 4. The predicted octanol–water partition coefficient (Wildman–Crippen LogP) is 1.27. The average molecular weight is 488 g/mol. The van der Waals surface area contributed by atoms with Crippen LogP contribution in [0.25, 0.3) is 0 Å². The highest BCUT2D eigenvalue weighted by Gasteiger charge is 2.31. The molecule has 0 fully saturated rings. The number of rotatable bonds is 12. The van der Waals surface area contributed by atoms with Crippen molar-refractivity contribution < 1.29 is 38.2 Å². The zero-order valence-electron chi connectivity index (χ0n) is 19.5. The number of ether oxygens (including phenoxy) is 1. The number of carboxylic acids is 1. The molecule has 0 spiro atoms. The lowest BCUT2D eigenvalue weighted by Crippen LogP contribution is -2.56. The Hall–Kier alpha value is -4.22. The number of hydrogen-bond acceptors (Lipinski definition) is 8. The molecule has 1 aromatic heterocycles. The van der Waals surface area contributed by atoms with E-state index in [1.54, 1.807) is 38.1 Å². The second kappa shape index (κ2) is 12.9. The number of carboxylic acid groups (broad SMARTS) is 1. The lowest BCUT2D eigenvalue weighted by atomic mass is 10.0. The molecule has 12 heteroatoms. The van der Waals surface area contributed by atoms with Crippen molar-refractivity contribution >= 4 is 29.7 Å². The van der Waals surface area contributed by atoms with Crippen LogP contribution in [0.15, 0.2) is 47.4 Å². The van der Waals surface area contributed by atoms with Crippen LogP contribution in [0.3, 0.4) is 0 Å². The first-order chi connectivity index (χ1) is 16.6. The fourth-order valence-corrected chi connectivity index (χ4v) is 2.99. The molecule has 12 nitrogen and oxygen atoms in total. The fourth-order valence-electron chi connectivity index (χ4n) is 2.99. The first kappa shape index (κ1) is 27.0. The van der Waals surface area contributed by atoms with E-state index in [1.807, 2.05) is 6.07 Å². The summed E-state index contributed by atoms with van der Waals surface area (Å²) in [4.78, 5) is 64.8. The average Bonchev–Trinajstić information content (AvgIpc) is 3.35. The number of nitrogens with zero attached hydrogens (tertiary/aromatic N) is 1. The Labute approximate surface area is 201 Å². The summed E-state index contributed by atoms with van der Waals surface area (Å²) in [5, 5.41) is 16.3. The monoisotopic (exact) mass is 488 g/mol. The number of carbonyl (C=O) groups is 5. The predicted molar refractivity (Wildman–Crippen MR) is 121 cm³/mol. The number of nitrogens with one attached hydrogen (secondary N) is 3. The molecule has 2 aromatic rings. The number of amides is 3. The van der Waals surface area contributed by atoms with E-state index < -0.39 is 54.2 Å². The lowest BCUT2D eigenvalue weighted by Gasteiger charge is -2.24. The molecule has 0 unspecified atom stereocenters. The maximum Gasteiger partial charge on any atom is 0.408 e. The Morgan fingerprint density at radius 2 is 1.69 bits per heavy atom. The molecule has 4 N–H and O–H groups in total. The molecule has 2 rings (SSSR count). The number of oxazole rings is 1. The number of alkyl carbamates (subject to hydrolysis) is 1. The molecule has 0 aliphatic carbocycles. The van der Waals surface area contributed by atoms with Crippen LogP contribution < -0.4 is 16.0 Å². The van der Waals surface area contributed by atoms with Crippen LogP contribution in [0.2, 0.25) is 0 Å². The molecule has 0 bridgehead atoms. The summed E-state index contributed by atoms with van der Waals surface area (Å²) in [6.45, 7) is 4.77. The van der Waals surface area contributed by atoms with E-state index in [1.165, 1.54) is 6.92 Å². The SMILES string of the molecule is CC(C)[C@H](NC(=O)OCc1ccccc1)C(=O)N[C@@H](C)C(=O)N[C@@H](CC(=O)O)C(=O)c1cocn1. The van der Waals surface area contributed by atoms with Gasteiger partial charge in [0.2, 0.25) is 17.6 Å². The van der Waals surface area contributed by atoms with Crippen molar-refractivity contribution in [3.63, 3.8) is 0 Å². The standard InChI is InChI=1S/C23H28N4O8/c1-13(2)19(27-23(33)35-10-15-7-5-4-6-8-15)22(32)25-14(3)21(31)26-16(9-18(28)29)20(30)17-11-34-12-24-17/h4-8,11-14,16,19H,9-10H2,1-3H3,(H,25,32)(H,26,31)(H,27,33)(H,28,29)/t14-,16-,19-/m0/s1. The third-order valence-electron chi connectivity index (χ3n) is 4.88. The normalized spacial score (nSPS) is 13.3. The smallest absolute Gasteiger partial charge is 0.408 e.